The Hall–Kier alpha value is -0.610. The van der Waals surface area contributed by atoms with E-state index in [0.717, 1.165) is 39.1 Å². The Labute approximate surface area is 119 Å². The van der Waals surface area contributed by atoms with Gasteiger partial charge < -0.3 is 15.5 Å². The van der Waals surface area contributed by atoms with Gasteiger partial charge in [0.15, 0.2) is 0 Å². The van der Waals surface area contributed by atoms with E-state index in [1.54, 1.807) is 0 Å². The van der Waals surface area contributed by atoms with Crippen LogP contribution >= 0.6 is 0 Å². The first-order valence-corrected chi connectivity index (χ1v) is 7.54. The third-order valence-electron chi connectivity index (χ3n) is 3.69. The highest BCUT2D eigenvalue weighted by Crippen LogP contribution is 2.19. The van der Waals surface area contributed by atoms with Gasteiger partial charge in [-0.05, 0) is 38.4 Å². The van der Waals surface area contributed by atoms with Gasteiger partial charge in [0.2, 0.25) is 5.91 Å². The Morgan fingerprint density at radius 1 is 1.05 bits per heavy atom. The molecule has 0 aromatic carbocycles. The van der Waals surface area contributed by atoms with E-state index in [2.05, 4.69) is 18.7 Å². The van der Waals surface area contributed by atoms with Crippen molar-refractivity contribution in [2.75, 3.05) is 32.7 Å². The van der Waals surface area contributed by atoms with Crippen LogP contribution in [0.2, 0.25) is 0 Å². The summed E-state index contributed by atoms with van der Waals surface area (Å²) in [5.41, 5.74) is 5.88. The zero-order valence-electron chi connectivity index (χ0n) is 13.7. The molecular formula is C15H33N3O. The van der Waals surface area contributed by atoms with Crippen molar-refractivity contribution < 1.29 is 4.79 Å². The van der Waals surface area contributed by atoms with Crippen LogP contribution in [0.1, 0.15) is 48.0 Å². The van der Waals surface area contributed by atoms with E-state index in [1.165, 1.54) is 0 Å². The van der Waals surface area contributed by atoms with Crippen molar-refractivity contribution in [3.8, 4) is 0 Å². The van der Waals surface area contributed by atoms with Crippen molar-refractivity contribution in [1.29, 1.82) is 0 Å². The van der Waals surface area contributed by atoms with E-state index >= 15 is 0 Å². The topological polar surface area (TPSA) is 49.6 Å². The number of rotatable bonds is 8. The average molecular weight is 271 g/mol. The molecule has 0 aliphatic carbocycles. The van der Waals surface area contributed by atoms with Crippen LogP contribution in [0.5, 0.6) is 0 Å². The zero-order chi connectivity index (χ0) is 15.1. The third kappa shape index (κ3) is 6.39. The Morgan fingerprint density at radius 3 is 1.95 bits per heavy atom. The third-order valence-corrected chi connectivity index (χ3v) is 3.69. The molecule has 2 N–H and O–H groups in total. The Bertz CT molecular complexity index is 257. The second kappa shape index (κ2) is 8.54. The van der Waals surface area contributed by atoms with Gasteiger partial charge in [-0.25, -0.2) is 0 Å². The van der Waals surface area contributed by atoms with Gasteiger partial charge in [-0.1, -0.05) is 34.6 Å². The summed E-state index contributed by atoms with van der Waals surface area (Å²) in [5.74, 6) is 0.0783. The number of hydrogen-bond acceptors (Lipinski definition) is 3. The lowest BCUT2D eigenvalue weighted by Gasteiger charge is -2.32. The molecule has 0 radical (unpaired) electrons. The van der Waals surface area contributed by atoms with Gasteiger partial charge in [0, 0.05) is 13.1 Å². The molecule has 0 aliphatic rings. The van der Waals surface area contributed by atoms with E-state index in [4.69, 9.17) is 5.73 Å². The minimum Gasteiger partial charge on any atom is -0.342 e. The summed E-state index contributed by atoms with van der Waals surface area (Å²) in [6.45, 7) is 17.1. The Morgan fingerprint density at radius 2 is 1.58 bits per heavy atom. The van der Waals surface area contributed by atoms with Crippen molar-refractivity contribution in [2.45, 2.75) is 54.0 Å². The lowest BCUT2D eigenvalue weighted by atomic mass is 9.86. The predicted molar refractivity (Wildman–Crippen MR) is 82.1 cm³/mol. The van der Waals surface area contributed by atoms with Crippen LogP contribution in [-0.2, 0) is 4.79 Å². The second-order valence-corrected chi connectivity index (χ2v) is 6.14. The van der Waals surface area contributed by atoms with E-state index in [1.807, 2.05) is 32.6 Å². The zero-order valence-corrected chi connectivity index (χ0v) is 13.7. The minimum absolute atomic E-state index is 0.0783. The van der Waals surface area contributed by atoms with Gasteiger partial charge in [-0.15, -0.1) is 0 Å². The van der Waals surface area contributed by atoms with Crippen LogP contribution in [0.4, 0.5) is 0 Å². The number of carbonyl (C=O) groups is 1. The van der Waals surface area contributed by atoms with E-state index in [0.29, 0.717) is 0 Å². The molecule has 1 atom stereocenters. The quantitative estimate of drug-likeness (QED) is 0.734. The van der Waals surface area contributed by atoms with Gasteiger partial charge in [-0.2, -0.15) is 0 Å². The van der Waals surface area contributed by atoms with Crippen LogP contribution in [0.15, 0.2) is 0 Å². The maximum absolute atomic E-state index is 12.3. The maximum atomic E-state index is 12.3. The van der Waals surface area contributed by atoms with Gasteiger partial charge in [-0.3, -0.25) is 4.79 Å². The molecule has 0 aromatic heterocycles. The molecule has 0 bridgehead atoms. The van der Waals surface area contributed by atoms with Crippen LogP contribution in [0.25, 0.3) is 0 Å². The number of carbonyl (C=O) groups excluding carboxylic acids is 1. The second-order valence-electron chi connectivity index (χ2n) is 6.14. The number of nitrogens with two attached hydrogens (primary N) is 1. The molecule has 4 nitrogen and oxygen atoms in total. The minimum atomic E-state index is -0.416. The van der Waals surface area contributed by atoms with Crippen molar-refractivity contribution in [3.05, 3.63) is 0 Å². The van der Waals surface area contributed by atoms with Crippen LogP contribution in [0, 0.1) is 5.41 Å². The van der Waals surface area contributed by atoms with Gasteiger partial charge in [0.25, 0.3) is 0 Å². The first-order chi connectivity index (χ1) is 8.77. The molecule has 1 amide bonds. The summed E-state index contributed by atoms with van der Waals surface area (Å²) in [5, 5.41) is 0. The van der Waals surface area contributed by atoms with Crippen LogP contribution < -0.4 is 5.73 Å². The summed E-state index contributed by atoms with van der Waals surface area (Å²) in [4.78, 5) is 16.6. The van der Waals surface area contributed by atoms with Crippen LogP contribution in [-0.4, -0.2) is 54.5 Å². The Kier molecular flexibility index (Phi) is 8.26. The molecule has 4 heteroatoms. The van der Waals surface area contributed by atoms with E-state index in [-0.39, 0.29) is 11.3 Å². The normalized spacial score (nSPS) is 13.7. The van der Waals surface area contributed by atoms with Crippen molar-refractivity contribution in [1.82, 2.24) is 9.80 Å². The summed E-state index contributed by atoms with van der Waals surface area (Å²) in [6, 6.07) is -0.416. The highest BCUT2D eigenvalue weighted by Gasteiger charge is 2.30. The van der Waals surface area contributed by atoms with E-state index < -0.39 is 6.04 Å². The SMILES string of the molecule is CCN(CC)CCCN(CC)C(=O)[C@H](N)C(C)(C)C. The molecule has 0 rings (SSSR count). The first kappa shape index (κ1) is 18.4. The van der Waals surface area contributed by atoms with E-state index in [9.17, 15) is 4.79 Å². The fourth-order valence-corrected chi connectivity index (χ4v) is 2.02. The van der Waals surface area contributed by atoms with Gasteiger partial charge >= 0.3 is 0 Å². The summed E-state index contributed by atoms with van der Waals surface area (Å²) >= 11 is 0. The lowest BCUT2D eigenvalue weighted by molar-refractivity contribution is -0.134. The largest absolute Gasteiger partial charge is 0.342 e. The molecule has 0 unspecified atom stereocenters. The molecule has 114 valence electrons. The fraction of sp³-hybridized carbons (Fsp3) is 0.933. The number of likely N-dealkylation sites (N-methyl/N-ethyl adjacent to an activating group) is 1. The summed E-state index contributed by atoms with van der Waals surface area (Å²) < 4.78 is 0. The standard InChI is InChI=1S/C15H33N3O/c1-7-17(8-2)11-10-12-18(9-3)14(19)13(16)15(4,5)6/h13H,7-12,16H2,1-6H3/t13-/m0/s1. The number of amides is 1. The molecule has 0 spiro atoms. The predicted octanol–water partition coefficient (Wildman–Crippen LogP) is 1.94. The number of nitrogens with zero attached hydrogens (tertiary/aromatic N) is 2. The van der Waals surface area contributed by atoms with Crippen molar-refractivity contribution >= 4 is 5.91 Å². The molecule has 0 fully saturated rings. The van der Waals surface area contributed by atoms with Crippen molar-refractivity contribution in [3.63, 3.8) is 0 Å². The number of hydrogen-bond donors (Lipinski definition) is 1. The van der Waals surface area contributed by atoms with Gasteiger partial charge in [0.05, 0.1) is 6.04 Å². The highest BCUT2D eigenvalue weighted by molar-refractivity contribution is 5.82. The molecule has 0 saturated heterocycles. The molecule has 19 heavy (non-hydrogen) atoms. The van der Waals surface area contributed by atoms with Crippen molar-refractivity contribution in [2.24, 2.45) is 11.1 Å². The Balaban J connectivity index is 4.31. The summed E-state index contributed by atoms with van der Waals surface area (Å²) in [7, 11) is 0. The average Bonchev–Trinajstić information content (AvgIpc) is 2.36. The highest BCUT2D eigenvalue weighted by atomic mass is 16.2. The molecule has 0 heterocycles. The molecule has 0 aliphatic heterocycles. The maximum Gasteiger partial charge on any atom is 0.240 e. The molecular weight excluding hydrogens is 238 g/mol. The lowest BCUT2D eigenvalue weighted by Crippen LogP contribution is -2.50. The monoisotopic (exact) mass is 271 g/mol. The van der Waals surface area contributed by atoms with Crippen LogP contribution in [0.3, 0.4) is 0 Å². The molecule has 0 saturated carbocycles. The molecule has 0 aromatic rings. The van der Waals surface area contributed by atoms with Gasteiger partial charge in [0.1, 0.15) is 0 Å². The fourth-order valence-electron chi connectivity index (χ4n) is 2.02. The summed E-state index contributed by atoms with van der Waals surface area (Å²) in [6.07, 6.45) is 1.01. The smallest absolute Gasteiger partial charge is 0.240 e. The first-order valence-electron chi connectivity index (χ1n) is 7.54.